The van der Waals surface area contributed by atoms with Crippen LogP contribution in [0.15, 0.2) is 27.8 Å². The number of nitrogens with one attached hydrogen (secondary N) is 2. The maximum atomic E-state index is 12.6. The first-order valence-corrected chi connectivity index (χ1v) is 8.83. The molecule has 1 fully saturated rings. The number of fused-ring (bicyclic) bond motifs is 1. The average Bonchev–Trinajstić information content (AvgIpc) is 2.63. The second-order valence-corrected chi connectivity index (χ2v) is 6.60. The van der Waals surface area contributed by atoms with Gasteiger partial charge in [0.15, 0.2) is 0 Å². The fourth-order valence-electron chi connectivity index (χ4n) is 3.67. The highest BCUT2D eigenvalue weighted by molar-refractivity contribution is 5.97. The molecule has 0 aliphatic heterocycles. The zero-order valence-electron chi connectivity index (χ0n) is 14.8. The Morgan fingerprint density at radius 1 is 1.31 bits per heavy atom. The van der Waals surface area contributed by atoms with E-state index < -0.39 is 11.1 Å². The number of carbonyl (C=O) groups is 1. The van der Waals surface area contributed by atoms with Crippen LogP contribution in [0.25, 0.3) is 11.0 Å². The summed E-state index contributed by atoms with van der Waals surface area (Å²) in [6.45, 7) is 2.76. The molecule has 1 aromatic heterocycles. The van der Waals surface area contributed by atoms with E-state index in [2.05, 4.69) is 10.3 Å². The molecule has 26 heavy (non-hydrogen) atoms. The van der Waals surface area contributed by atoms with Gasteiger partial charge in [0.2, 0.25) is 0 Å². The van der Waals surface area contributed by atoms with Crippen molar-refractivity contribution in [3.8, 4) is 0 Å². The number of amides is 1. The first-order valence-electron chi connectivity index (χ1n) is 8.83. The van der Waals surface area contributed by atoms with Crippen molar-refractivity contribution in [2.24, 2.45) is 11.7 Å². The smallest absolute Gasteiger partial charge is 0.316 e. The first kappa shape index (κ1) is 20.2. The van der Waals surface area contributed by atoms with Crippen LogP contribution >= 0.6 is 12.4 Å². The second-order valence-electron chi connectivity index (χ2n) is 6.60. The van der Waals surface area contributed by atoms with Crippen molar-refractivity contribution >= 4 is 29.3 Å². The number of benzene rings is 1. The van der Waals surface area contributed by atoms with E-state index in [9.17, 15) is 14.4 Å². The predicted octanol–water partition coefficient (Wildman–Crippen LogP) is 1.38. The van der Waals surface area contributed by atoms with Crippen LogP contribution in [0, 0.1) is 5.92 Å². The number of carbonyl (C=O) groups excluding carboxylic acids is 1. The molecule has 3 rings (SSSR count). The van der Waals surface area contributed by atoms with E-state index in [4.69, 9.17) is 5.73 Å². The SMILES string of the molecule is CCn1c(=O)c(=O)[nH]c2cc(C(=O)NC3CCCCC3CN)ccc21.Cl. The molecule has 1 aliphatic rings. The minimum absolute atomic E-state index is 0. The van der Waals surface area contributed by atoms with Gasteiger partial charge in [-0.2, -0.15) is 0 Å². The molecule has 1 aliphatic carbocycles. The number of rotatable bonds is 4. The van der Waals surface area contributed by atoms with E-state index in [0.29, 0.717) is 35.6 Å². The Bertz CT molecular complexity index is 905. The third-order valence-corrected chi connectivity index (χ3v) is 5.08. The molecule has 2 atom stereocenters. The number of halogens is 1. The summed E-state index contributed by atoms with van der Waals surface area (Å²) in [4.78, 5) is 38.9. The molecule has 1 saturated carbocycles. The summed E-state index contributed by atoms with van der Waals surface area (Å²) in [6.07, 6.45) is 4.22. The highest BCUT2D eigenvalue weighted by Crippen LogP contribution is 2.24. The van der Waals surface area contributed by atoms with E-state index in [1.807, 2.05) is 0 Å². The van der Waals surface area contributed by atoms with E-state index >= 15 is 0 Å². The number of nitrogens with zero attached hydrogens (tertiary/aromatic N) is 1. The summed E-state index contributed by atoms with van der Waals surface area (Å²) in [6, 6.07) is 5.09. The maximum Gasteiger partial charge on any atom is 0.316 e. The molecule has 0 spiro atoms. The zero-order valence-corrected chi connectivity index (χ0v) is 15.6. The lowest BCUT2D eigenvalue weighted by molar-refractivity contribution is 0.0908. The number of hydrogen-bond acceptors (Lipinski definition) is 4. The number of aromatic amines is 1. The van der Waals surface area contributed by atoms with Crippen molar-refractivity contribution in [1.82, 2.24) is 14.9 Å². The average molecular weight is 381 g/mol. The fourth-order valence-corrected chi connectivity index (χ4v) is 3.67. The lowest BCUT2D eigenvalue weighted by atomic mass is 9.84. The van der Waals surface area contributed by atoms with Crippen molar-refractivity contribution in [2.45, 2.75) is 45.2 Å². The Morgan fingerprint density at radius 2 is 2.04 bits per heavy atom. The Hall–Kier alpha value is -2.12. The van der Waals surface area contributed by atoms with Crippen molar-refractivity contribution in [3.05, 3.63) is 44.5 Å². The van der Waals surface area contributed by atoms with Crippen molar-refractivity contribution in [3.63, 3.8) is 0 Å². The third kappa shape index (κ3) is 3.83. The second kappa shape index (κ2) is 8.51. The lowest BCUT2D eigenvalue weighted by Crippen LogP contribution is -2.44. The molecule has 4 N–H and O–H groups in total. The highest BCUT2D eigenvalue weighted by atomic mass is 35.5. The lowest BCUT2D eigenvalue weighted by Gasteiger charge is -2.31. The minimum atomic E-state index is -0.678. The molecule has 1 aromatic carbocycles. The van der Waals surface area contributed by atoms with Gasteiger partial charge in [0.1, 0.15) is 0 Å². The molecule has 0 saturated heterocycles. The maximum absolute atomic E-state index is 12.6. The topological polar surface area (TPSA) is 110 Å². The van der Waals surface area contributed by atoms with Gasteiger partial charge in [0.25, 0.3) is 5.91 Å². The predicted molar refractivity (Wildman–Crippen MR) is 104 cm³/mol. The number of H-pyrrole nitrogens is 1. The largest absolute Gasteiger partial charge is 0.349 e. The quantitative estimate of drug-likeness (QED) is 0.696. The minimum Gasteiger partial charge on any atom is -0.349 e. The van der Waals surface area contributed by atoms with Gasteiger partial charge in [-0.05, 0) is 50.4 Å². The van der Waals surface area contributed by atoms with Crippen LogP contribution in [0.2, 0.25) is 0 Å². The molecular weight excluding hydrogens is 356 g/mol. The number of hydrogen-bond donors (Lipinski definition) is 3. The van der Waals surface area contributed by atoms with E-state index in [0.717, 1.165) is 25.7 Å². The van der Waals surface area contributed by atoms with Crippen LogP contribution < -0.4 is 22.2 Å². The van der Waals surface area contributed by atoms with Gasteiger partial charge in [-0.25, -0.2) is 0 Å². The van der Waals surface area contributed by atoms with Gasteiger partial charge in [-0.1, -0.05) is 12.8 Å². The van der Waals surface area contributed by atoms with Gasteiger partial charge in [-0.3, -0.25) is 14.4 Å². The summed E-state index contributed by atoms with van der Waals surface area (Å²) >= 11 is 0. The molecule has 1 amide bonds. The molecule has 2 aromatic rings. The highest BCUT2D eigenvalue weighted by Gasteiger charge is 2.25. The molecule has 1 heterocycles. The molecule has 0 bridgehead atoms. The monoisotopic (exact) mass is 380 g/mol. The summed E-state index contributed by atoms with van der Waals surface area (Å²) in [5.74, 6) is 0.130. The summed E-state index contributed by atoms with van der Waals surface area (Å²) in [5, 5.41) is 3.08. The fraction of sp³-hybridized carbons (Fsp3) is 0.500. The van der Waals surface area contributed by atoms with E-state index in [-0.39, 0.29) is 24.4 Å². The van der Waals surface area contributed by atoms with Crippen LogP contribution in [0.5, 0.6) is 0 Å². The summed E-state index contributed by atoms with van der Waals surface area (Å²) < 4.78 is 1.40. The number of nitrogens with two attached hydrogens (primary N) is 1. The summed E-state index contributed by atoms with van der Waals surface area (Å²) in [5.41, 5.74) is 6.12. The van der Waals surface area contributed by atoms with Gasteiger partial charge in [-0.15, -0.1) is 12.4 Å². The van der Waals surface area contributed by atoms with Gasteiger partial charge < -0.3 is 20.6 Å². The molecule has 7 nitrogen and oxygen atoms in total. The Labute approximate surface area is 157 Å². The molecule has 142 valence electrons. The molecule has 8 heteroatoms. The Balaban J connectivity index is 0.00000243. The standard InChI is InChI=1S/C18H24N4O3.ClH/c1-2-22-15-8-7-11(9-14(15)21-17(24)18(22)25)16(23)20-13-6-4-3-5-12(13)10-19;/h7-9,12-13H,2-6,10,19H2,1H3,(H,20,23)(H,21,24);1H. The van der Waals surface area contributed by atoms with Crippen LogP contribution in [0.3, 0.4) is 0 Å². The van der Waals surface area contributed by atoms with Crippen molar-refractivity contribution in [1.29, 1.82) is 0 Å². The Kier molecular flexibility index (Phi) is 6.61. The normalized spacial score (nSPS) is 19.8. The third-order valence-electron chi connectivity index (χ3n) is 5.08. The van der Waals surface area contributed by atoms with E-state index in [1.54, 1.807) is 25.1 Å². The first-order chi connectivity index (χ1) is 12.0. The Morgan fingerprint density at radius 3 is 2.73 bits per heavy atom. The molecule has 0 radical (unpaired) electrons. The number of aromatic nitrogens is 2. The van der Waals surface area contributed by atoms with Gasteiger partial charge in [0, 0.05) is 18.2 Å². The zero-order chi connectivity index (χ0) is 18.0. The van der Waals surface area contributed by atoms with Crippen molar-refractivity contribution in [2.75, 3.05) is 6.54 Å². The molecular formula is C18H25ClN4O3. The van der Waals surface area contributed by atoms with Crippen LogP contribution in [0.4, 0.5) is 0 Å². The van der Waals surface area contributed by atoms with Crippen molar-refractivity contribution < 1.29 is 4.79 Å². The van der Waals surface area contributed by atoms with Crippen LogP contribution in [-0.2, 0) is 6.54 Å². The molecule has 2 unspecified atom stereocenters. The van der Waals surface area contributed by atoms with Gasteiger partial charge >= 0.3 is 11.1 Å². The van der Waals surface area contributed by atoms with Gasteiger partial charge in [0.05, 0.1) is 11.0 Å². The number of aryl methyl sites for hydroxylation is 1. The van der Waals surface area contributed by atoms with E-state index in [1.165, 1.54) is 4.57 Å². The summed E-state index contributed by atoms with van der Waals surface area (Å²) in [7, 11) is 0. The van der Waals surface area contributed by atoms with Crippen LogP contribution in [-0.4, -0.2) is 28.0 Å². The van der Waals surface area contributed by atoms with Crippen LogP contribution in [0.1, 0.15) is 43.0 Å².